The predicted octanol–water partition coefficient (Wildman–Crippen LogP) is 1.18. The van der Waals surface area contributed by atoms with E-state index in [1.165, 1.54) is 30.9 Å². The van der Waals surface area contributed by atoms with Gasteiger partial charge >= 0.3 is 19.4 Å². The van der Waals surface area contributed by atoms with Crippen LogP contribution in [0, 0.1) is 5.92 Å². The average Bonchev–Trinajstić information content (AvgIpc) is 3.07. The molecule has 0 amide bonds. The second-order valence-electron chi connectivity index (χ2n) is 7.83. The molecule has 1 aromatic carbocycles. The van der Waals surface area contributed by atoms with Gasteiger partial charge in [-0.1, -0.05) is 25.1 Å². The summed E-state index contributed by atoms with van der Waals surface area (Å²) in [5.74, 6) is -0.866. The number of nitrogens with one attached hydrogen (secondary N) is 2. The highest BCUT2D eigenvalue weighted by atomic mass is 31.2. The summed E-state index contributed by atoms with van der Waals surface area (Å²) in [6, 6.07) is 8.50. The molecule has 6 unspecified atom stereocenters. The third-order valence-electron chi connectivity index (χ3n) is 5.35. The van der Waals surface area contributed by atoms with Gasteiger partial charge in [-0.3, -0.25) is 23.7 Å². The van der Waals surface area contributed by atoms with Crippen molar-refractivity contribution in [2.45, 2.75) is 44.7 Å². The zero-order valence-corrected chi connectivity index (χ0v) is 19.8. The van der Waals surface area contributed by atoms with Crippen molar-refractivity contribution in [3.05, 3.63) is 63.4 Å². The fraction of sp³-hybridized carbons (Fsp3) is 0.476. The molecule has 0 aliphatic carbocycles. The van der Waals surface area contributed by atoms with Gasteiger partial charge in [-0.05, 0) is 19.1 Å². The van der Waals surface area contributed by atoms with Gasteiger partial charge in [0.15, 0.2) is 0 Å². The summed E-state index contributed by atoms with van der Waals surface area (Å²) < 4.78 is 36.1. The van der Waals surface area contributed by atoms with Crippen molar-refractivity contribution in [1.29, 1.82) is 0 Å². The molecule has 1 aliphatic heterocycles. The highest BCUT2D eigenvalue weighted by Gasteiger charge is 2.42. The third-order valence-corrected chi connectivity index (χ3v) is 7.03. The van der Waals surface area contributed by atoms with Crippen LogP contribution in [0.2, 0.25) is 0 Å². The second-order valence-corrected chi connectivity index (χ2v) is 9.52. The van der Waals surface area contributed by atoms with Crippen molar-refractivity contribution >= 4 is 13.7 Å². The number of hydrogen-bond donors (Lipinski definition) is 3. The molecule has 0 bridgehead atoms. The van der Waals surface area contributed by atoms with Gasteiger partial charge in [-0.15, -0.1) is 0 Å². The Kier molecular flexibility index (Phi) is 8.45. The minimum atomic E-state index is -4.03. The number of ether oxygens (including phenoxy) is 2. The first kappa shape index (κ1) is 25.9. The lowest BCUT2D eigenvalue weighted by molar-refractivity contribution is -0.142. The Balaban J connectivity index is 1.67. The molecule has 6 atom stereocenters. The maximum atomic E-state index is 13.3. The van der Waals surface area contributed by atoms with Crippen LogP contribution in [0.25, 0.3) is 0 Å². The molecule has 186 valence electrons. The molecular formula is C21H28N3O9P. The Morgan fingerprint density at radius 2 is 2.00 bits per heavy atom. The van der Waals surface area contributed by atoms with Crippen LogP contribution in [-0.4, -0.2) is 52.6 Å². The number of benzene rings is 1. The molecule has 34 heavy (non-hydrogen) atoms. The number of carbonyl (C=O) groups is 1. The molecule has 2 heterocycles. The van der Waals surface area contributed by atoms with Crippen LogP contribution in [0.4, 0.5) is 0 Å². The number of aliphatic hydroxyl groups is 1. The van der Waals surface area contributed by atoms with Crippen molar-refractivity contribution in [3.63, 3.8) is 0 Å². The molecule has 0 radical (unpaired) electrons. The Labute approximate surface area is 195 Å². The number of esters is 1. The van der Waals surface area contributed by atoms with Crippen LogP contribution >= 0.6 is 7.75 Å². The van der Waals surface area contributed by atoms with Crippen LogP contribution in [0.5, 0.6) is 5.75 Å². The molecule has 1 aromatic heterocycles. The zero-order chi connectivity index (χ0) is 24.9. The third kappa shape index (κ3) is 6.22. The summed E-state index contributed by atoms with van der Waals surface area (Å²) in [7, 11) is -2.82. The summed E-state index contributed by atoms with van der Waals surface area (Å²) in [6.45, 7) is 3.00. The minimum absolute atomic E-state index is 0.108. The van der Waals surface area contributed by atoms with Crippen molar-refractivity contribution in [2.24, 2.45) is 5.92 Å². The fourth-order valence-electron chi connectivity index (χ4n) is 3.54. The zero-order valence-electron chi connectivity index (χ0n) is 19.0. The Morgan fingerprint density at radius 3 is 2.65 bits per heavy atom. The Bertz CT molecular complexity index is 1140. The molecule has 12 nitrogen and oxygen atoms in total. The first-order chi connectivity index (χ1) is 16.1. The second kappa shape index (κ2) is 11.1. The van der Waals surface area contributed by atoms with Gasteiger partial charge in [0.2, 0.25) is 0 Å². The van der Waals surface area contributed by atoms with E-state index in [0.717, 1.165) is 0 Å². The molecule has 0 spiro atoms. The quantitative estimate of drug-likeness (QED) is 0.321. The molecule has 3 rings (SSSR count). The van der Waals surface area contributed by atoms with Crippen LogP contribution < -0.4 is 20.9 Å². The van der Waals surface area contributed by atoms with E-state index in [1.807, 2.05) is 0 Å². The lowest BCUT2D eigenvalue weighted by Crippen LogP contribution is -2.35. The van der Waals surface area contributed by atoms with E-state index in [1.54, 1.807) is 37.3 Å². The number of aromatic nitrogens is 2. The number of carbonyl (C=O) groups excluding carboxylic acids is 1. The van der Waals surface area contributed by atoms with E-state index >= 15 is 0 Å². The first-order valence-corrected chi connectivity index (χ1v) is 12.2. The number of rotatable bonds is 10. The van der Waals surface area contributed by atoms with E-state index in [9.17, 15) is 24.1 Å². The Hall–Kier alpha value is -2.76. The molecule has 13 heteroatoms. The SMILES string of the molecule is COC(=O)C(C)NP(=O)(OCCC1OC(n2ccc(=O)[nH]c2=O)C(C)C1O)Oc1ccccc1. The van der Waals surface area contributed by atoms with Gasteiger partial charge in [0.05, 0.1) is 25.9 Å². The van der Waals surface area contributed by atoms with Gasteiger partial charge in [-0.25, -0.2) is 9.36 Å². The van der Waals surface area contributed by atoms with Gasteiger partial charge < -0.3 is 19.1 Å². The monoisotopic (exact) mass is 497 g/mol. The van der Waals surface area contributed by atoms with Gasteiger partial charge in [0, 0.05) is 24.6 Å². The van der Waals surface area contributed by atoms with E-state index < -0.39 is 55.4 Å². The van der Waals surface area contributed by atoms with Crippen LogP contribution in [0.15, 0.2) is 52.2 Å². The molecule has 3 N–H and O–H groups in total. The summed E-state index contributed by atoms with van der Waals surface area (Å²) >= 11 is 0. The largest absolute Gasteiger partial charge is 0.468 e. The van der Waals surface area contributed by atoms with Crippen LogP contribution in [-0.2, 0) is 23.4 Å². The number of aliphatic hydroxyl groups excluding tert-OH is 1. The lowest BCUT2D eigenvalue weighted by Gasteiger charge is -2.23. The summed E-state index contributed by atoms with van der Waals surface area (Å²) in [5, 5.41) is 13.1. The highest BCUT2D eigenvalue weighted by Crippen LogP contribution is 2.45. The van der Waals surface area contributed by atoms with Gasteiger partial charge in [-0.2, -0.15) is 5.09 Å². The van der Waals surface area contributed by atoms with E-state index in [-0.39, 0.29) is 18.8 Å². The smallest absolute Gasteiger partial charge is 0.459 e. The minimum Gasteiger partial charge on any atom is -0.468 e. The number of methoxy groups -OCH3 is 1. The van der Waals surface area contributed by atoms with Crippen LogP contribution in [0.3, 0.4) is 0 Å². The fourth-order valence-corrected chi connectivity index (χ4v) is 5.05. The maximum absolute atomic E-state index is 13.3. The first-order valence-electron chi connectivity index (χ1n) is 10.6. The molecular weight excluding hydrogens is 469 g/mol. The Morgan fingerprint density at radius 1 is 1.29 bits per heavy atom. The molecule has 1 fully saturated rings. The van der Waals surface area contributed by atoms with E-state index in [2.05, 4.69) is 14.8 Å². The molecule has 2 aromatic rings. The van der Waals surface area contributed by atoms with E-state index in [4.69, 9.17) is 13.8 Å². The molecule has 1 aliphatic rings. The number of nitrogens with zero attached hydrogens (tertiary/aromatic N) is 1. The normalized spacial score (nSPS) is 24.8. The van der Waals surface area contributed by atoms with Crippen molar-refractivity contribution in [2.75, 3.05) is 13.7 Å². The molecule has 0 saturated carbocycles. The maximum Gasteiger partial charge on any atom is 0.459 e. The number of H-pyrrole nitrogens is 1. The van der Waals surface area contributed by atoms with Gasteiger partial charge in [0.25, 0.3) is 5.56 Å². The summed E-state index contributed by atoms with van der Waals surface area (Å²) in [6.07, 6.45) is -1.11. The topological polar surface area (TPSA) is 158 Å². The summed E-state index contributed by atoms with van der Waals surface area (Å²) in [4.78, 5) is 37.4. The predicted molar refractivity (Wildman–Crippen MR) is 120 cm³/mol. The van der Waals surface area contributed by atoms with Crippen LogP contribution in [0.1, 0.15) is 26.5 Å². The average molecular weight is 497 g/mol. The number of aromatic amines is 1. The standard InChI is InChI=1S/C21H28N3O9P/c1-13-18(26)16(32-19(13)24-11-9-17(25)22-21(24)28)10-12-31-34(29,23-14(2)20(27)30-3)33-15-7-5-4-6-8-15/h4-9,11,13-14,16,18-19,26H,10,12H2,1-3H3,(H,23,29)(H,22,25,28). The van der Waals surface area contributed by atoms with E-state index in [0.29, 0.717) is 0 Å². The number of para-hydroxylation sites is 1. The van der Waals surface area contributed by atoms with Gasteiger partial charge in [0.1, 0.15) is 18.0 Å². The highest BCUT2D eigenvalue weighted by molar-refractivity contribution is 7.52. The lowest BCUT2D eigenvalue weighted by atomic mass is 10.0. The van der Waals surface area contributed by atoms with Crippen molar-refractivity contribution in [1.82, 2.24) is 14.6 Å². The summed E-state index contributed by atoms with van der Waals surface area (Å²) in [5.41, 5.74) is -1.20. The van der Waals surface area contributed by atoms with Crippen molar-refractivity contribution in [3.8, 4) is 5.75 Å². The number of hydrogen-bond acceptors (Lipinski definition) is 9. The van der Waals surface area contributed by atoms with Crippen molar-refractivity contribution < 1.29 is 33.0 Å². The molecule has 1 saturated heterocycles.